The summed E-state index contributed by atoms with van der Waals surface area (Å²) in [4.78, 5) is 0. The molecule has 2 atom stereocenters. The van der Waals surface area contributed by atoms with E-state index in [9.17, 15) is 8.42 Å². The Hall–Kier alpha value is -2.84. The van der Waals surface area contributed by atoms with Crippen LogP contribution < -0.4 is 0 Å². The number of methoxy groups -OCH3 is 1. The first kappa shape index (κ1) is 21.4. The van der Waals surface area contributed by atoms with Gasteiger partial charge in [0.25, 0.3) is 0 Å². The quantitative estimate of drug-likeness (QED) is 0.587. The maximum atomic E-state index is 13.5. The Kier molecular flexibility index (Phi) is 5.31. The van der Waals surface area contributed by atoms with Gasteiger partial charge in [0.15, 0.2) is 0 Å². The highest BCUT2D eigenvalue weighted by Crippen LogP contribution is 2.46. The molecule has 0 saturated heterocycles. The van der Waals surface area contributed by atoms with Crippen LogP contribution in [0.2, 0.25) is 0 Å². The van der Waals surface area contributed by atoms with E-state index in [2.05, 4.69) is 24.2 Å². The second kappa shape index (κ2) is 7.69. The van der Waals surface area contributed by atoms with Gasteiger partial charge in [-0.25, -0.2) is 3.97 Å². The molecule has 0 bridgehead atoms. The van der Waals surface area contributed by atoms with Gasteiger partial charge in [-0.3, -0.25) is 0 Å². The Morgan fingerprint density at radius 1 is 1.19 bits per heavy atom. The Balaban J connectivity index is 2.16. The first-order valence-electron chi connectivity index (χ1n) is 10.1. The monoisotopic (exact) mass is 441 g/mol. The Labute approximate surface area is 182 Å². The molecule has 2 heterocycles. The first-order valence-corrected chi connectivity index (χ1v) is 11.5. The molecule has 0 radical (unpaired) electrons. The lowest BCUT2D eigenvalue weighted by Gasteiger charge is -2.24. The fourth-order valence-corrected chi connectivity index (χ4v) is 5.48. The lowest BCUT2D eigenvalue weighted by Crippen LogP contribution is -2.29. The summed E-state index contributed by atoms with van der Waals surface area (Å²) in [5.74, 6) is 1.43. The fourth-order valence-electron chi connectivity index (χ4n) is 4.32. The molecule has 0 aliphatic heterocycles. The summed E-state index contributed by atoms with van der Waals surface area (Å²) in [6.07, 6.45) is 6.09. The molecule has 3 aromatic rings. The number of aryl methyl sites for hydroxylation is 2. The Morgan fingerprint density at radius 3 is 2.48 bits per heavy atom. The number of ether oxygens (including phenoxy) is 1. The van der Waals surface area contributed by atoms with Crippen molar-refractivity contribution in [2.75, 3.05) is 21.2 Å². The molecule has 0 amide bonds. The highest BCUT2D eigenvalue weighted by molar-refractivity contribution is 7.87. The van der Waals surface area contributed by atoms with Crippen molar-refractivity contribution in [3.63, 3.8) is 0 Å². The predicted octanol–water partition coefficient (Wildman–Crippen LogP) is 4.39. The fraction of sp³-hybridized carbons (Fsp3) is 0.348. The zero-order valence-corrected chi connectivity index (χ0v) is 19.4. The molecule has 0 spiro atoms. The molecule has 31 heavy (non-hydrogen) atoms. The van der Waals surface area contributed by atoms with Crippen molar-refractivity contribution in [2.24, 2.45) is 5.92 Å². The maximum absolute atomic E-state index is 13.5. The van der Waals surface area contributed by atoms with Gasteiger partial charge in [0.2, 0.25) is 0 Å². The molecule has 7 nitrogen and oxygen atoms in total. The van der Waals surface area contributed by atoms with E-state index in [0.717, 1.165) is 16.7 Å². The molecule has 164 valence electrons. The maximum Gasteiger partial charge on any atom is 0.308 e. The van der Waals surface area contributed by atoms with E-state index in [0.29, 0.717) is 28.2 Å². The van der Waals surface area contributed by atoms with Crippen LogP contribution in [0.25, 0.3) is 22.2 Å². The minimum atomic E-state index is -3.83. The van der Waals surface area contributed by atoms with Crippen LogP contribution in [-0.2, 0) is 14.9 Å². The minimum Gasteiger partial charge on any atom is -0.497 e. The minimum absolute atomic E-state index is 0.0499. The van der Waals surface area contributed by atoms with E-state index in [4.69, 9.17) is 9.26 Å². The predicted molar refractivity (Wildman–Crippen MR) is 121 cm³/mol. The zero-order chi connectivity index (χ0) is 22.5. The molecule has 1 aliphatic rings. The van der Waals surface area contributed by atoms with Gasteiger partial charge in [0.1, 0.15) is 11.5 Å². The van der Waals surface area contributed by atoms with E-state index in [1.54, 1.807) is 7.11 Å². The van der Waals surface area contributed by atoms with Crippen LogP contribution in [0.4, 0.5) is 0 Å². The summed E-state index contributed by atoms with van der Waals surface area (Å²) in [5.41, 5.74) is 3.52. The van der Waals surface area contributed by atoms with Crippen LogP contribution in [-0.4, -0.2) is 43.1 Å². The Morgan fingerprint density at radius 2 is 1.90 bits per heavy atom. The standard InChI is InChI=1S/C23H27N3O4S/c1-14-13-17(29-6)11-12-18(14)22-19-9-7-8-10-20(19)26(31(27,28)25(4)5)23(22)21-15(2)24-30-16(21)3/h7-14,18H,1-6H3. The molecule has 1 aliphatic carbocycles. The van der Waals surface area contributed by atoms with Gasteiger partial charge >= 0.3 is 10.2 Å². The summed E-state index contributed by atoms with van der Waals surface area (Å²) in [6.45, 7) is 5.76. The summed E-state index contributed by atoms with van der Waals surface area (Å²) < 4.78 is 40.6. The summed E-state index contributed by atoms with van der Waals surface area (Å²) >= 11 is 0. The van der Waals surface area contributed by atoms with E-state index in [1.807, 2.05) is 44.2 Å². The lowest BCUT2D eigenvalue weighted by molar-refractivity contribution is 0.299. The molecule has 0 fully saturated rings. The van der Waals surface area contributed by atoms with Gasteiger partial charge in [-0.2, -0.15) is 12.7 Å². The van der Waals surface area contributed by atoms with Crippen molar-refractivity contribution < 1.29 is 17.7 Å². The van der Waals surface area contributed by atoms with Crippen molar-refractivity contribution in [2.45, 2.75) is 26.7 Å². The van der Waals surface area contributed by atoms with Crippen molar-refractivity contribution in [1.82, 2.24) is 13.4 Å². The number of hydrogen-bond donors (Lipinski definition) is 0. The number of nitrogens with zero attached hydrogens (tertiary/aromatic N) is 3. The average molecular weight is 442 g/mol. The van der Waals surface area contributed by atoms with Gasteiger partial charge in [0.05, 0.1) is 29.6 Å². The van der Waals surface area contributed by atoms with Crippen LogP contribution in [0, 0.1) is 19.8 Å². The molecule has 2 aromatic heterocycles. The number of benzene rings is 1. The first-order chi connectivity index (χ1) is 14.7. The van der Waals surface area contributed by atoms with E-state index >= 15 is 0 Å². The average Bonchev–Trinajstić information content (AvgIpc) is 3.24. The van der Waals surface area contributed by atoms with Gasteiger partial charge in [0, 0.05) is 25.4 Å². The van der Waals surface area contributed by atoms with Crippen LogP contribution in [0.15, 0.2) is 52.8 Å². The second-order valence-corrected chi connectivity index (χ2v) is 10.0. The SMILES string of the molecule is COC1=CC(C)C(c2c(-c3c(C)noc3C)n(S(=O)(=O)N(C)C)c3ccccc23)C=C1. The highest BCUT2D eigenvalue weighted by atomic mass is 32.2. The summed E-state index contributed by atoms with van der Waals surface area (Å²) in [5, 5.41) is 5.00. The van der Waals surface area contributed by atoms with E-state index in [1.165, 1.54) is 22.4 Å². The molecule has 0 saturated carbocycles. The molecule has 2 unspecified atom stereocenters. The van der Waals surface area contributed by atoms with Crippen LogP contribution in [0.3, 0.4) is 0 Å². The second-order valence-electron chi connectivity index (χ2n) is 8.05. The largest absolute Gasteiger partial charge is 0.497 e. The van der Waals surface area contributed by atoms with Crippen molar-refractivity contribution in [1.29, 1.82) is 0 Å². The smallest absolute Gasteiger partial charge is 0.308 e. The number of allylic oxidation sites excluding steroid dienone is 3. The van der Waals surface area contributed by atoms with Gasteiger partial charge < -0.3 is 9.26 Å². The summed E-state index contributed by atoms with van der Waals surface area (Å²) in [6, 6.07) is 7.61. The van der Waals surface area contributed by atoms with Gasteiger partial charge in [-0.1, -0.05) is 36.4 Å². The lowest BCUT2D eigenvalue weighted by atomic mass is 9.81. The van der Waals surface area contributed by atoms with E-state index in [-0.39, 0.29) is 11.8 Å². The number of para-hydroxylation sites is 1. The van der Waals surface area contributed by atoms with Crippen molar-refractivity contribution in [3.05, 3.63) is 65.3 Å². The third-order valence-corrected chi connectivity index (χ3v) is 7.63. The van der Waals surface area contributed by atoms with Crippen LogP contribution in [0.5, 0.6) is 0 Å². The van der Waals surface area contributed by atoms with Crippen molar-refractivity contribution in [3.8, 4) is 11.3 Å². The third kappa shape index (κ3) is 3.30. The Bertz CT molecular complexity index is 1290. The van der Waals surface area contributed by atoms with Gasteiger partial charge in [-0.15, -0.1) is 0 Å². The topological polar surface area (TPSA) is 77.6 Å². The molecule has 0 N–H and O–H groups in total. The molecular formula is C23H27N3O4S. The molecule has 4 rings (SSSR count). The normalized spacial score (nSPS) is 19.3. The van der Waals surface area contributed by atoms with Gasteiger partial charge in [-0.05, 0) is 43.5 Å². The number of fused-ring (bicyclic) bond motifs is 1. The van der Waals surface area contributed by atoms with E-state index < -0.39 is 10.2 Å². The summed E-state index contributed by atoms with van der Waals surface area (Å²) in [7, 11) is 0.897. The van der Waals surface area contributed by atoms with Crippen LogP contribution in [0.1, 0.15) is 29.9 Å². The zero-order valence-electron chi connectivity index (χ0n) is 18.6. The number of rotatable bonds is 5. The molecule has 8 heteroatoms. The molecular weight excluding hydrogens is 414 g/mol. The number of aromatic nitrogens is 2. The van der Waals surface area contributed by atoms with Crippen molar-refractivity contribution >= 4 is 21.1 Å². The number of hydrogen-bond acceptors (Lipinski definition) is 5. The third-order valence-electron chi connectivity index (χ3n) is 5.86. The molecule has 1 aromatic carbocycles. The van der Waals surface area contributed by atoms with Crippen LogP contribution >= 0.6 is 0 Å². The highest BCUT2D eigenvalue weighted by Gasteiger charge is 2.35.